The summed E-state index contributed by atoms with van der Waals surface area (Å²) in [4.78, 5) is 11.7. The van der Waals surface area contributed by atoms with Crippen molar-refractivity contribution in [3.05, 3.63) is 34.9 Å². The Balaban J connectivity index is 4.28. The number of hydrogen-bond acceptors (Lipinski definition) is 3. The third-order valence-electron chi connectivity index (χ3n) is 4.10. The zero-order valence-electron chi connectivity index (χ0n) is 16.2. The van der Waals surface area contributed by atoms with Crippen molar-refractivity contribution in [3.63, 3.8) is 0 Å². The van der Waals surface area contributed by atoms with Gasteiger partial charge in [-0.15, -0.1) is 0 Å². The first-order chi connectivity index (χ1) is 11.4. The zero-order chi connectivity index (χ0) is 18.4. The summed E-state index contributed by atoms with van der Waals surface area (Å²) in [7, 11) is 0. The lowest BCUT2D eigenvalue weighted by Gasteiger charge is -2.07. The van der Waals surface area contributed by atoms with Gasteiger partial charge in [0, 0.05) is 12.2 Å². The lowest BCUT2D eigenvalue weighted by atomic mass is 10.0. The van der Waals surface area contributed by atoms with Crippen LogP contribution in [0.5, 0.6) is 0 Å². The molecule has 0 aliphatic carbocycles. The molecular formula is C21H36O3. The van der Waals surface area contributed by atoms with Gasteiger partial charge in [-0.2, -0.15) is 0 Å². The highest BCUT2D eigenvalue weighted by Gasteiger charge is 2.06. The van der Waals surface area contributed by atoms with Gasteiger partial charge in [-0.25, -0.2) is 4.79 Å². The third kappa shape index (κ3) is 11.2. The van der Waals surface area contributed by atoms with Crippen molar-refractivity contribution in [1.82, 2.24) is 0 Å². The van der Waals surface area contributed by atoms with E-state index in [-0.39, 0.29) is 12.6 Å². The predicted molar refractivity (Wildman–Crippen MR) is 102 cm³/mol. The van der Waals surface area contributed by atoms with Crippen LogP contribution in [0.25, 0.3) is 0 Å². The van der Waals surface area contributed by atoms with Gasteiger partial charge < -0.3 is 9.84 Å². The van der Waals surface area contributed by atoms with E-state index in [1.54, 1.807) is 0 Å². The fourth-order valence-corrected chi connectivity index (χ4v) is 2.35. The van der Waals surface area contributed by atoms with E-state index < -0.39 is 0 Å². The van der Waals surface area contributed by atoms with Gasteiger partial charge in [0.15, 0.2) is 0 Å². The van der Waals surface area contributed by atoms with Crippen molar-refractivity contribution in [2.75, 3.05) is 13.2 Å². The molecule has 0 fully saturated rings. The van der Waals surface area contributed by atoms with Crippen LogP contribution in [0.15, 0.2) is 34.9 Å². The van der Waals surface area contributed by atoms with Crippen molar-refractivity contribution < 1.29 is 14.6 Å². The van der Waals surface area contributed by atoms with E-state index in [1.165, 1.54) is 11.1 Å². The Labute approximate surface area is 148 Å². The van der Waals surface area contributed by atoms with Crippen LogP contribution in [0.3, 0.4) is 0 Å². The molecule has 0 saturated heterocycles. The molecule has 3 nitrogen and oxygen atoms in total. The maximum atomic E-state index is 11.7. The Morgan fingerprint density at radius 2 is 1.83 bits per heavy atom. The lowest BCUT2D eigenvalue weighted by molar-refractivity contribution is -0.138. The Hall–Kier alpha value is -1.35. The van der Waals surface area contributed by atoms with Crippen molar-refractivity contribution in [1.29, 1.82) is 0 Å². The number of aliphatic hydroxyl groups excluding tert-OH is 1. The first-order valence-corrected chi connectivity index (χ1v) is 9.24. The second kappa shape index (κ2) is 14.0. The second-order valence-electron chi connectivity index (χ2n) is 6.55. The molecule has 0 aromatic rings. The molecule has 0 spiro atoms. The molecule has 0 rings (SSSR count). The quantitative estimate of drug-likeness (QED) is 0.226. The van der Waals surface area contributed by atoms with E-state index in [2.05, 4.69) is 26.8 Å². The van der Waals surface area contributed by atoms with Gasteiger partial charge in [0.25, 0.3) is 0 Å². The molecule has 138 valence electrons. The standard InChI is InChI=1S/C21H36O3/c1-6-20(21(23)24-7-2)15-14-18(4)12-8-10-17(3)11-9-13-19(5)16-22/h10,14-15,19,22H,6-9,11-13,16H2,1-5H3. The summed E-state index contributed by atoms with van der Waals surface area (Å²) in [6.07, 6.45) is 12.3. The van der Waals surface area contributed by atoms with Gasteiger partial charge in [0.05, 0.1) is 6.61 Å². The lowest BCUT2D eigenvalue weighted by Crippen LogP contribution is -2.06. The molecule has 3 heteroatoms. The van der Waals surface area contributed by atoms with Gasteiger partial charge in [0.2, 0.25) is 0 Å². The Morgan fingerprint density at radius 3 is 2.42 bits per heavy atom. The van der Waals surface area contributed by atoms with E-state index in [9.17, 15) is 4.79 Å². The fourth-order valence-electron chi connectivity index (χ4n) is 2.35. The van der Waals surface area contributed by atoms with E-state index >= 15 is 0 Å². The van der Waals surface area contributed by atoms with Gasteiger partial charge in [0.1, 0.15) is 0 Å². The molecule has 1 unspecified atom stereocenters. The highest BCUT2D eigenvalue weighted by atomic mass is 16.5. The predicted octanol–water partition coefficient (Wildman–Crippen LogP) is 5.36. The summed E-state index contributed by atoms with van der Waals surface area (Å²) in [6, 6.07) is 0. The smallest absolute Gasteiger partial charge is 0.333 e. The van der Waals surface area contributed by atoms with Crippen LogP contribution >= 0.6 is 0 Å². The molecule has 0 bridgehead atoms. The Morgan fingerprint density at radius 1 is 1.12 bits per heavy atom. The Kier molecular flexibility index (Phi) is 13.2. The van der Waals surface area contributed by atoms with Crippen LogP contribution in [0.4, 0.5) is 0 Å². The van der Waals surface area contributed by atoms with Gasteiger partial charge >= 0.3 is 5.97 Å². The van der Waals surface area contributed by atoms with E-state index in [1.807, 2.05) is 26.0 Å². The van der Waals surface area contributed by atoms with Crippen molar-refractivity contribution >= 4 is 5.97 Å². The number of carbonyl (C=O) groups excluding carboxylic acids is 1. The maximum Gasteiger partial charge on any atom is 0.333 e. The summed E-state index contributed by atoms with van der Waals surface area (Å²) >= 11 is 0. The monoisotopic (exact) mass is 336 g/mol. The summed E-state index contributed by atoms with van der Waals surface area (Å²) in [5.74, 6) is 0.193. The molecule has 1 N–H and O–H groups in total. The van der Waals surface area contributed by atoms with Gasteiger partial charge in [-0.1, -0.05) is 43.2 Å². The summed E-state index contributed by atoms with van der Waals surface area (Å²) in [6.45, 7) is 10.9. The molecule has 0 aromatic heterocycles. The molecule has 0 aliphatic rings. The number of hydrogen-bond donors (Lipinski definition) is 1. The third-order valence-corrected chi connectivity index (χ3v) is 4.10. The molecule has 0 amide bonds. The molecule has 24 heavy (non-hydrogen) atoms. The van der Waals surface area contributed by atoms with Crippen LogP contribution in [0.2, 0.25) is 0 Å². The average Bonchev–Trinajstić information content (AvgIpc) is 2.55. The minimum atomic E-state index is -0.211. The molecule has 0 aliphatic heterocycles. The Bertz CT molecular complexity index is 444. The van der Waals surface area contributed by atoms with Crippen molar-refractivity contribution in [2.24, 2.45) is 5.92 Å². The number of rotatable bonds is 12. The highest BCUT2D eigenvalue weighted by Crippen LogP contribution is 2.14. The normalized spacial score (nSPS) is 14.7. The van der Waals surface area contributed by atoms with E-state index in [4.69, 9.17) is 9.84 Å². The highest BCUT2D eigenvalue weighted by molar-refractivity contribution is 5.88. The number of ether oxygens (including phenoxy) is 1. The first kappa shape index (κ1) is 22.6. The van der Waals surface area contributed by atoms with Gasteiger partial charge in [-0.05, 0) is 65.2 Å². The van der Waals surface area contributed by atoms with E-state index in [0.29, 0.717) is 18.9 Å². The molecule has 0 saturated carbocycles. The van der Waals surface area contributed by atoms with Crippen molar-refractivity contribution in [3.8, 4) is 0 Å². The SMILES string of the molecule is CCOC(=O)C(=CC=C(C)CCC=C(C)CCCC(C)CO)CC. The van der Waals surface area contributed by atoms with Crippen LogP contribution in [0.1, 0.15) is 73.1 Å². The van der Waals surface area contributed by atoms with Crippen LogP contribution < -0.4 is 0 Å². The number of carbonyl (C=O) groups is 1. The molecule has 0 heterocycles. The molecule has 0 aromatic carbocycles. The molecule has 0 radical (unpaired) electrons. The van der Waals surface area contributed by atoms with Gasteiger partial charge in [-0.3, -0.25) is 0 Å². The number of aliphatic hydroxyl groups is 1. The zero-order valence-corrected chi connectivity index (χ0v) is 16.2. The topological polar surface area (TPSA) is 46.5 Å². The molecular weight excluding hydrogens is 300 g/mol. The minimum absolute atomic E-state index is 0.211. The second-order valence-corrected chi connectivity index (χ2v) is 6.55. The minimum Gasteiger partial charge on any atom is -0.463 e. The van der Waals surface area contributed by atoms with Crippen LogP contribution in [-0.4, -0.2) is 24.3 Å². The first-order valence-electron chi connectivity index (χ1n) is 9.24. The summed E-state index contributed by atoms with van der Waals surface area (Å²) in [5, 5.41) is 9.02. The fraction of sp³-hybridized carbons (Fsp3) is 0.667. The number of allylic oxidation sites excluding steroid dienone is 5. The maximum absolute atomic E-state index is 11.7. The van der Waals surface area contributed by atoms with E-state index in [0.717, 1.165) is 37.7 Å². The summed E-state index contributed by atoms with van der Waals surface area (Å²) < 4.78 is 5.04. The van der Waals surface area contributed by atoms with Crippen molar-refractivity contribution in [2.45, 2.75) is 73.1 Å². The number of esters is 1. The largest absolute Gasteiger partial charge is 0.463 e. The summed E-state index contributed by atoms with van der Waals surface area (Å²) in [5.41, 5.74) is 3.41. The van der Waals surface area contributed by atoms with Crippen LogP contribution in [-0.2, 0) is 9.53 Å². The van der Waals surface area contributed by atoms with Crippen LogP contribution in [0, 0.1) is 5.92 Å². The molecule has 1 atom stereocenters. The average molecular weight is 337 g/mol.